The molecule has 0 aliphatic carbocycles. The summed E-state index contributed by atoms with van der Waals surface area (Å²) in [6.45, 7) is 3.10. The summed E-state index contributed by atoms with van der Waals surface area (Å²) in [7, 11) is 4.21. The average Bonchev–Trinajstić information content (AvgIpc) is 3.40. The average molecular weight is 483 g/mol. The molecule has 1 aliphatic rings. The fraction of sp³-hybridized carbons (Fsp3) is 0.259. The molecule has 0 radical (unpaired) electrons. The third-order valence-electron chi connectivity index (χ3n) is 7.17. The van der Waals surface area contributed by atoms with Crippen molar-refractivity contribution in [2.24, 2.45) is 7.05 Å². The van der Waals surface area contributed by atoms with Crippen LogP contribution in [0.4, 0.5) is 5.82 Å². The van der Waals surface area contributed by atoms with Gasteiger partial charge in [0, 0.05) is 66.8 Å². The van der Waals surface area contributed by atoms with Gasteiger partial charge in [-0.05, 0) is 41.9 Å². The topological polar surface area (TPSA) is 50.4 Å². The van der Waals surface area contributed by atoms with Gasteiger partial charge in [-0.2, -0.15) is 9.61 Å². The minimum atomic E-state index is 0.382. The van der Waals surface area contributed by atoms with E-state index in [-0.39, 0.29) is 0 Å². The molecule has 1 fully saturated rings. The van der Waals surface area contributed by atoms with E-state index in [2.05, 4.69) is 63.3 Å². The highest BCUT2D eigenvalue weighted by atomic mass is 35.5. The third kappa shape index (κ3) is 4.19. The number of rotatable bonds is 5. The molecule has 1 aliphatic heterocycles. The number of aryl methyl sites for hydroxylation is 1. The van der Waals surface area contributed by atoms with Gasteiger partial charge in [0.05, 0.1) is 5.69 Å². The molecule has 6 rings (SSSR count). The Labute approximate surface area is 210 Å². The molecule has 176 valence electrons. The fourth-order valence-electron chi connectivity index (χ4n) is 5.15. The molecule has 4 heterocycles. The van der Waals surface area contributed by atoms with Gasteiger partial charge in [-0.15, -0.1) is 0 Å². The maximum absolute atomic E-state index is 6.50. The summed E-state index contributed by atoms with van der Waals surface area (Å²) in [5, 5.41) is 10.4. The second-order valence-electron chi connectivity index (χ2n) is 9.52. The van der Waals surface area contributed by atoms with Crippen LogP contribution in [0.2, 0.25) is 5.02 Å². The summed E-state index contributed by atoms with van der Waals surface area (Å²) in [6, 6.07) is 21.2. The van der Waals surface area contributed by atoms with E-state index in [0.717, 1.165) is 60.7 Å². The van der Waals surface area contributed by atoms with Gasteiger partial charge in [-0.1, -0.05) is 48.0 Å². The summed E-state index contributed by atoms with van der Waals surface area (Å²) in [5.74, 6) is 0.963. The number of halogens is 1. The van der Waals surface area contributed by atoms with E-state index in [9.17, 15) is 0 Å². The lowest BCUT2D eigenvalue weighted by atomic mass is 10.0. The van der Waals surface area contributed by atoms with Gasteiger partial charge >= 0.3 is 0 Å². The predicted octanol–water partition coefficient (Wildman–Crippen LogP) is 3.88. The molecule has 6 nitrogen and oxygen atoms in total. The number of anilines is 1. The zero-order valence-corrected chi connectivity index (χ0v) is 20.8. The molecule has 0 saturated carbocycles. The minimum Gasteiger partial charge on any atom is -0.367 e. The monoisotopic (exact) mass is 482 g/mol. The zero-order valence-electron chi connectivity index (χ0n) is 20.1. The smallest absolute Gasteiger partial charge is 0.151 e. The molecule has 35 heavy (non-hydrogen) atoms. The minimum absolute atomic E-state index is 0.382. The van der Waals surface area contributed by atoms with E-state index < -0.39 is 0 Å². The Morgan fingerprint density at radius 3 is 2.63 bits per heavy atom. The number of hydrogen-bond donors (Lipinski definition) is 1. The molecule has 1 saturated heterocycles. The largest absolute Gasteiger partial charge is 0.367 e. The van der Waals surface area contributed by atoms with Gasteiger partial charge in [0.15, 0.2) is 5.65 Å². The number of para-hydroxylation sites is 1. The van der Waals surface area contributed by atoms with Crippen LogP contribution in [0.25, 0.3) is 27.8 Å². The van der Waals surface area contributed by atoms with Crippen LogP contribution in [0, 0.1) is 0 Å². The predicted molar refractivity (Wildman–Crippen MR) is 146 cm³/mol. The lowest BCUT2D eigenvalue weighted by molar-refractivity contribution is 0.207. The highest BCUT2D eigenvalue weighted by Gasteiger charge is 2.22. The van der Waals surface area contributed by atoms with Gasteiger partial charge in [-0.25, -0.2) is 4.98 Å². The van der Waals surface area contributed by atoms with Gasteiger partial charge in [-0.3, -0.25) is 4.90 Å². The number of benzene rings is 2. The Hall–Kier alpha value is -3.29. The van der Waals surface area contributed by atoms with Crippen LogP contribution in [0.5, 0.6) is 0 Å². The highest BCUT2D eigenvalue weighted by Crippen LogP contribution is 2.29. The van der Waals surface area contributed by atoms with E-state index >= 15 is 0 Å². The molecule has 0 amide bonds. The lowest BCUT2D eigenvalue weighted by Crippen LogP contribution is -2.39. The first-order valence-corrected chi connectivity index (χ1v) is 12.6. The second-order valence-corrected chi connectivity index (χ2v) is 9.92. The molecule has 0 spiro atoms. The number of nitrogens with zero attached hydrogens (tertiary/aromatic N) is 5. The quantitative estimate of drug-likeness (QED) is 0.386. The van der Waals surface area contributed by atoms with Crippen molar-refractivity contribution in [3.63, 3.8) is 0 Å². The second kappa shape index (κ2) is 9.06. The first kappa shape index (κ1) is 22.2. The number of piperidine rings is 1. The van der Waals surface area contributed by atoms with Crippen molar-refractivity contribution in [3.8, 4) is 11.3 Å². The third-order valence-corrected chi connectivity index (χ3v) is 7.50. The zero-order chi connectivity index (χ0) is 23.9. The van der Waals surface area contributed by atoms with Crippen LogP contribution in [0.15, 0.2) is 66.9 Å². The lowest BCUT2D eigenvalue weighted by Gasteiger charge is -2.33. The molecule has 5 aromatic rings. The summed E-state index contributed by atoms with van der Waals surface area (Å²) >= 11 is 6.50. The van der Waals surface area contributed by atoms with E-state index in [4.69, 9.17) is 16.6 Å². The van der Waals surface area contributed by atoms with Crippen molar-refractivity contribution in [2.75, 3.05) is 18.4 Å². The Bertz CT molecular complexity index is 1520. The molecular weight excluding hydrogens is 455 g/mol. The standard InChI is InChI=1S/C27H28BClN6/c1-33-20(14-18-6-2-5-9-25(18)33)17-34-12-10-19(11-13-34)31-26-15-24(21-7-3-4-8-23(21)29)32-27-22(28)16-30-35(26)27/h2-9,14-16,19,31H,10-13,17,28H2,1H3. The van der Waals surface area contributed by atoms with Crippen LogP contribution >= 0.6 is 11.6 Å². The maximum Gasteiger partial charge on any atom is 0.151 e. The first-order valence-electron chi connectivity index (χ1n) is 12.2. The van der Waals surface area contributed by atoms with Crippen molar-refractivity contribution in [1.82, 2.24) is 24.1 Å². The number of fused-ring (bicyclic) bond motifs is 2. The van der Waals surface area contributed by atoms with E-state index in [1.807, 2.05) is 42.8 Å². The molecule has 2 aromatic carbocycles. The Kier molecular flexibility index (Phi) is 5.75. The van der Waals surface area contributed by atoms with Gasteiger partial charge in [0.25, 0.3) is 0 Å². The van der Waals surface area contributed by atoms with Gasteiger partial charge < -0.3 is 9.88 Å². The van der Waals surface area contributed by atoms with Crippen molar-refractivity contribution in [3.05, 3.63) is 77.6 Å². The summed E-state index contributed by atoms with van der Waals surface area (Å²) in [6.07, 6.45) is 4.03. The normalized spacial score (nSPS) is 15.3. The molecular formula is C27H28BClN6. The van der Waals surface area contributed by atoms with Gasteiger partial charge in [0.1, 0.15) is 13.7 Å². The van der Waals surface area contributed by atoms with Gasteiger partial charge in [0.2, 0.25) is 0 Å². The number of nitrogens with one attached hydrogen (secondary N) is 1. The summed E-state index contributed by atoms with van der Waals surface area (Å²) < 4.78 is 4.24. The Morgan fingerprint density at radius 2 is 1.83 bits per heavy atom. The van der Waals surface area contributed by atoms with Crippen LogP contribution in [-0.2, 0) is 13.6 Å². The van der Waals surface area contributed by atoms with Crippen molar-refractivity contribution < 1.29 is 0 Å². The van der Waals surface area contributed by atoms with Crippen molar-refractivity contribution >= 4 is 47.3 Å². The summed E-state index contributed by atoms with van der Waals surface area (Å²) in [4.78, 5) is 7.43. The highest BCUT2D eigenvalue weighted by molar-refractivity contribution is 6.36. The Morgan fingerprint density at radius 1 is 1.06 bits per heavy atom. The van der Waals surface area contributed by atoms with E-state index in [1.54, 1.807) is 0 Å². The maximum atomic E-state index is 6.50. The molecule has 3 aromatic heterocycles. The van der Waals surface area contributed by atoms with Crippen LogP contribution in [0.3, 0.4) is 0 Å². The fourth-order valence-corrected chi connectivity index (χ4v) is 5.39. The number of aromatic nitrogens is 4. The first-order chi connectivity index (χ1) is 17.1. The molecule has 8 heteroatoms. The van der Waals surface area contributed by atoms with Crippen LogP contribution < -0.4 is 10.8 Å². The molecule has 0 unspecified atom stereocenters. The number of hydrogen-bond acceptors (Lipinski definition) is 4. The van der Waals surface area contributed by atoms with Crippen LogP contribution in [0.1, 0.15) is 18.5 Å². The molecule has 0 bridgehead atoms. The summed E-state index contributed by atoms with van der Waals surface area (Å²) in [5.41, 5.74) is 6.37. The molecule has 1 N–H and O–H groups in total. The van der Waals surface area contributed by atoms with E-state index in [1.165, 1.54) is 16.6 Å². The Balaban J connectivity index is 1.19. The van der Waals surface area contributed by atoms with E-state index in [0.29, 0.717) is 11.1 Å². The van der Waals surface area contributed by atoms with Crippen molar-refractivity contribution in [1.29, 1.82) is 0 Å². The number of likely N-dealkylation sites (tertiary alicyclic amines) is 1. The van der Waals surface area contributed by atoms with Crippen molar-refractivity contribution in [2.45, 2.75) is 25.4 Å². The van der Waals surface area contributed by atoms with Crippen LogP contribution in [-0.4, -0.2) is 51.0 Å². The molecule has 0 atom stereocenters. The SMILES string of the molecule is Bc1cnn2c(NC3CCN(Cc4cc5ccccc5n4C)CC3)cc(-c3ccccc3Cl)nc12.